The summed E-state index contributed by atoms with van der Waals surface area (Å²) in [6.45, 7) is 4.16. The molecule has 0 spiro atoms. The van der Waals surface area contributed by atoms with E-state index < -0.39 is 0 Å². The van der Waals surface area contributed by atoms with Crippen molar-refractivity contribution in [3.63, 3.8) is 0 Å². The molecule has 8 heteroatoms. The van der Waals surface area contributed by atoms with Gasteiger partial charge in [-0.2, -0.15) is 0 Å². The third kappa shape index (κ3) is 3.96. The third-order valence-corrected chi connectivity index (χ3v) is 4.06. The molecule has 0 saturated heterocycles. The molecule has 2 amide bonds. The summed E-state index contributed by atoms with van der Waals surface area (Å²) < 4.78 is 5.70. The van der Waals surface area contributed by atoms with Gasteiger partial charge >= 0.3 is 6.03 Å². The van der Waals surface area contributed by atoms with Crippen molar-refractivity contribution in [2.45, 2.75) is 20.3 Å². The lowest BCUT2D eigenvalue weighted by molar-refractivity contribution is 0.252. The van der Waals surface area contributed by atoms with Crippen LogP contribution in [0, 0.1) is 13.8 Å². The molecule has 2 N–H and O–H groups in total. The molecule has 1 aromatic carbocycles. The summed E-state index contributed by atoms with van der Waals surface area (Å²) in [6, 6.07) is 9.42. The molecule has 3 aromatic rings. The molecule has 0 unspecified atom stereocenters. The monoisotopic (exact) mass is 343 g/mol. The normalized spacial score (nSPS) is 10.6. The van der Waals surface area contributed by atoms with E-state index in [-0.39, 0.29) is 6.03 Å². The molecule has 24 heavy (non-hydrogen) atoms. The maximum atomic E-state index is 11.8. The lowest BCUT2D eigenvalue weighted by Crippen LogP contribution is -2.30. The van der Waals surface area contributed by atoms with Crippen LogP contribution in [-0.4, -0.2) is 27.8 Å². The molecule has 0 aliphatic carbocycles. The Morgan fingerprint density at radius 1 is 1.21 bits per heavy atom. The Hall–Kier alpha value is -2.74. The van der Waals surface area contributed by atoms with Crippen molar-refractivity contribution in [1.29, 1.82) is 0 Å². The Balaban J connectivity index is 1.53. The van der Waals surface area contributed by atoms with Crippen LogP contribution in [0.3, 0.4) is 0 Å². The van der Waals surface area contributed by atoms with Gasteiger partial charge in [0, 0.05) is 18.5 Å². The number of anilines is 1. The van der Waals surface area contributed by atoms with Gasteiger partial charge < -0.3 is 9.73 Å². The van der Waals surface area contributed by atoms with Crippen molar-refractivity contribution >= 4 is 22.5 Å². The van der Waals surface area contributed by atoms with E-state index in [0.29, 0.717) is 24.0 Å². The van der Waals surface area contributed by atoms with Crippen molar-refractivity contribution in [2.75, 3.05) is 11.9 Å². The predicted octanol–water partition coefficient (Wildman–Crippen LogP) is 3.17. The van der Waals surface area contributed by atoms with Crippen molar-refractivity contribution < 1.29 is 9.21 Å². The number of aromatic nitrogens is 3. The number of nitrogens with zero attached hydrogens (tertiary/aromatic N) is 3. The van der Waals surface area contributed by atoms with Crippen LogP contribution < -0.4 is 10.6 Å². The van der Waals surface area contributed by atoms with E-state index >= 15 is 0 Å². The fraction of sp³-hybridized carbons (Fsp3) is 0.250. The van der Waals surface area contributed by atoms with Gasteiger partial charge in [-0.3, -0.25) is 5.32 Å². The summed E-state index contributed by atoms with van der Waals surface area (Å²) in [4.78, 5) is 16.3. The number of nitrogens with one attached hydrogen (secondary N) is 2. The van der Waals surface area contributed by atoms with E-state index in [4.69, 9.17) is 4.42 Å². The number of aryl methyl sites for hydroxylation is 2. The Kier molecular flexibility index (Phi) is 4.85. The Morgan fingerprint density at radius 2 is 2.00 bits per heavy atom. The van der Waals surface area contributed by atoms with Crippen molar-refractivity contribution in [3.8, 4) is 11.5 Å². The standard InChI is InChI=1S/C16H17N5O2S/c1-10-13(18-14(23-10)12-6-4-3-5-7-12)8-9-17-15(22)19-16-21-20-11(2)24-16/h3-7H,8-9H2,1-2H3,(H2,17,19,21,22). The van der Waals surface area contributed by atoms with E-state index in [9.17, 15) is 4.79 Å². The number of oxazole rings is 1. The van der Waals surface area contributed by atoms with Gasteiger partial charge in [-0.05, 0) is 26.0 Å². The largest absolute Gasteiger partial charge is 0.441 e. The minimum atomic E-state index is -0.310. The minimum absolute atomic E-state index is 0.310. The number of rotatable bonds is 5. The molecule has 0 bridgehead atoms. The second kappa shape index (κ2) is 7.22. The second-order valence-electron chi connectivity index (χ2n) is 5.15. The molecule has 0 atom stereocenters. The van der Waals surface area contributed by atoms with E-state index in [1.807, 2.05) is 44.2 Å². The molecule has 0 fully saturated rings. The summed E-state index contributed by atoms with van der Waals surface area (Å²) >= 11 is 1.33. The highest BCUT2D eigenvalue weighted by atomic mass is 32.1. The lowest BCUT2D eigenvalue weighted by Gasteiger charge is -2.03. The first-order chi connectivity index (χ1) is 11.6. The van der Waals surface area contributed by atoms with Crippen LogP contribution in [0.5, 0.6) is 0 Å². The van der Waals surface area contributed by atoms with Crippen molar-refractivity contribution in [1.82, 2.24) is 20.5 Å². The molecule has 2 aromatic heterocycles. The molecule has 0 aliphatic rings. The number of carbonyl (C=O) groups is 1. The van der Waals surface area contributed by atoms with Gasteiger partial charge in [0.2, 0.25) is 11.0 Å². The Labute approximate surface area is 143 Å². The predicted molar refractivity (Wildman–Crippen MR) is 92.0 cm³/mol. The molecule has 3 rings (SSSR count). The van der Waals surface area contributed by atoms with Crippen molar-refractivity contribution in [2.24, 2.45) is 0 Å². The van der Waals surface area contributed by atoms with Crippen LogP contribution in [0.25, 0.3) is 11.5 Å². The summed E-state index contributed by atoms with van der Waals surface area (Å²) in [6.07, 6.45) is 0.588. The molecule has 2 heterocycles. The summed E-state index contributed by atoms with van der Waals surface area (Å²) in [5.74, 6) is 1.35. The Morgan fingerprint density at radius 3 is 2.71 bits per heavy atom. The summed E-state index contributed by atoms with van der Waals surface area (Å²) in [5.41, 5.74) is 1.77. The molecule has 124 valence electrons. The zero-order chi connectivity index (χ0) is 16.9. The maximum Gasteiger partial charge on any atom is 0.321 e. The molecule has 0 radical (unpaired) electrons. The van der Waals surface area contributed by atoms with Crippen LogP contribution in [0.1, 0.15) is 16.5 Å². The van der Waals surface area contributed by atoms with E-state index in [2.05, 4.69) is 25.8 Å². The summed E-state index contributed by atoms with van der Waals surface area (Å²) in [5, 5.41) is 14.4. The molecular weight excluding hydrogens is 326 g/mol. The van der Waals surface area contributed by atoms with Crippen molar-refractivity contribution in [3.05, 3.63) is 46.8 Å². The van der Waals surface area contributed by atoms with E-state index in [1.54, 1.807) is 0 Å². The van der Waals surface area contributed by atoms with Crippen LogP contribution in [-0.2, 0) is 6.42 Å². The van der Waals surface area contributed by atoms with E-state index in [0.717, 1.165) is 22.0 Å². The quantitative estimate of drug-likeness (QED) is 0.742. The first kappa shape index (κ1) is 16.1. The lowest BCUT2D eigenvalue weighted by atomic mass is 10.2. The maximum absolute atomic E-state index is 11.8. The molecule has 0 aliphatic heterocycles. The Bertz CT molecular complexity index is 828. The van der Waals surface area contributed by atoms with Gasteiger partial charge in [-0.15, -0.1) is 10.2 Å². The average molecular weight is 343 g/mol. The van der Waals surface area contributed by atoms with Crippen LogP contribution in [0.15, 0.2) is 34.7 Å². The first-order valence-corrected chi connectivity index (χ1v) is 8.30. The summed E-state index contributed by atoms with van der Waals surface area (Å²) in [7, 11) is 0. The topological polar surface area (TPSA) is 92.9 Å². The van der Waals surface area contributed by atoms with Crippen LogP contribution in [0.4, 0.5) is 9.93 Å². The van der Waals surface area contributed by atoms with Gasteiger partial charge in [0.15, 0.2) is 0 Å². The van der Waals surface area contributed by atoms with Crippen LogP contribution >= 0.6 is 11.3 Å². The van der Waals surface area contributed by atoms with Crippen LogP contribution in [0.2, 0.25) is 0 Å². The smallest absolute Gasteiger partial charge is 0.321 e. The fourth-order valence-electron chi connectivity index (χ4n) is 2.15. The van der Waals surface area contributed by atoms with E-state index in [1.165, 1.54) is 11.3 Å². The highest BCUT2D eigenvalue weighted by molar-refractivity contribution is 7.15. The molecule has 0 saturated carbocycles. The number of hydrogen-bond acceptors (Lipinski definition) is 6. The zero-order valence-electron chi connectivity index (χ0n) is 13.4. The second-order valence-corrected chi connectivity index (χ2v) is 6.33. The number of carbonyl (C=O) groups excluding carboxylic acids is 1. The first-order valence-electron chi connectivity index (χ1n) is 7.48. The van der Waals surface area contributed by atoms with Gasteiger partial charge in [0.05, 0.1) is 5.69 Å². The van der Waals surface area contributed by atoms with Gasteiger partial charge in [0.25, 0.3) is 0 Å². The number of hydrogen-bond donors (Lipinski definition) is 2. The number of benzene rings is 1. The third-order valence-electron chi connectivity index (χ3n) is 3.31. The highest BCUT2D eigenvalue weighted by Gasteiger charge is 2.12. The van der Waals surface area contributed by atoms with Gasteiger partial charge in [-0.25, -0.2) is 9.78 Å². The van der Waals surface area contributed by atoms with Gasteiger partial charge in [0.1, 0.15) is 10.8 Å². The highest BCUT2D eigenvalue weighted by Crippen LogP contribution is 2.21. The number of amides is 2. The minimum Gasteiger partial charge on any atom is -0.441 e. The average Bonchev–Trinajstić information content (AvgIpc) is 3.14. The number of urea groups is 1. The molecule has 7 nitrogen and oxygen atoms in total. The zero-order valence-corrected chi connectivity index (χ0v) is 14.2. The SMILES string of the molecule is Cc1nnc(NC(=O)NCCc2nc(-c3ccccc3)oc2C)s1. The molecular formula is C16H17N5O2S. The van der Waals surface area contributed by atoms with Gasteiger partial charge in [-0.1, -0.05) is 29.5 Å². The fourth-order valence-corrected chi connectivity index (χ4v) is 2.73.